The van der Waals surface area contributed by atoms with Gasteiger partial charge in [-0.15, -0.1) is 0 Å². The topological polar surface area (TPSA) is 43.2 Å². The molecule has 1 fully saturated rings. The lowest BCUT2D eigenvalue weighted by Gasteiger charge is -2.23. The second-order valence-electron chi connectivity index (χ2n) is 7.12. The van der Waals surface area contributed by atoms with Crippen LogP contribution in [0.1, 0.15) is 31.1 Å². The number of ether oxygens (including phenoxy) is 1. The molecule has 5 nitrogen and oxygen atoms in total. The molecule has 3 heterocycles. The molecule has 0 amide bonds. The van der Waals surface area contributed by atoms with Gasteiger partial charge in [0.15, 0.2) is 6.23 Å². The smallest absolute Gasteiger partial charge is 0.150 e. The molecule has 1 unspecified atom stereocenters. The number of hydrogen-bond donors (Lipinski definition) is 0. The van der Waals surface area contributed by atoms with Crippen LogP contribution >= 0.6 is 0 Å². The molecule has 136 valence electrons. The zero-order valence-electron chi connectivity index (χ0n) is 15.2. The molecule has 4 rings (SSSR count). The summed E-state index contributed by atoms with van der Waals surface area (Å²) in [6.45, 7) is 1.50. The van der Waals surface area contributed by atoms with Gasteiger partial charge in [-0.3, -0.25) is 4.98 Å². The lowest BCUT2D eigenvalue weighted by molar-refractivity contribution is -0.0366. The molecule has 0 spiro atoms. The predicted octanol–water partition coefficient (Wildman–Crippen LogP) is 4.00. The summed E-state index contributed by atoms with van der Waals surface area (Å²) >= 11 is 0. The van der Waals surface area contributed by atoms with Gasteiger partial charge in [0.2, 0.25) is 0 Å². The average Bonchev–Trinajstić information content (AvgIpc) is 3.04. The van der Waals surface area contributed by atoms with E-state index in [-0.39, 0.29) is 12.0 Å². The van der Waals surface area contributed by atoms with Crippen LogP contribution in [0, 0.1) is 5.82 Å². The van der Waals surface area contributed by atoms with Gasteiger partial charge in [0.1, 0.15) is 5.82 Å². The Morgan fingerprint density at radius 2 is 2.08 bits per heavy atom. The molecule has 1 atom stereocenters. The molecule has 26 heavy (non-hydrogen) atoms. The monoisotopic (exact) mass is 354 g/mol. The molecule has 1 aliphatic rings. The Morgan fingerprint density at radius 3 is 2.85 bits per heavy atom. The van der Waals surface area contributed by atoms with E-state index in [0.717, 1.165) is 54.4 Å². The van der Waals surface area contributed by atoms with Crippen molar-refractivity contribution in [2.45, 2.75) is 32.0 Å². The van der Waals surface area contributed by atoms with Crippen molar-refractivity contribution >= 4 is 10.9 Å². The number of rotatable bonds is 4. The van der Waals surface area contributed by atoms with E-state index in [1.807, 2.05) is 37.1 Å². The highest BCUT2D eigenvalue weighted by atomic mass is 19.1. The lowest BCUT2D eigenvalue weighted by Crippen LogP contribution is -2.19. The summed E-state index contributed by atoms with van der Waals surface area (Å²) in [6.07, 6.45) is 8.30. The van der Waals surface area contributed by atoms with Crippen LogP contribution < -0.4 is 0 Å². The SMILES string of the molecule is CN(C)Cc1cncc(-c2cc3cnn(C4CCCCO4)c3cc2F)c1. The molecule has 6 heteroatoms. The van der Waals surface area contributed by atoms with Crippen LogP contribution in [0.25, 0.3) is 22.0 Å². The van der Waals surface area contributed by atoms with Crippen LogP contribution in [0.2, 0.25) is 0 Å². The minimum Gasteiger partial charge on any atom is -0.356 e. The summed E-state index contributed by atoms with van der Waals surface area (Å²) in [5, 5.41) is 5.37. The normalized spacial score (nSPS) is 17.9. The molecular weight excluding hydrogens is 331 g/mol. The third-order valence-electron chi connectivity index (χ3n) is 4.72. The van der Waals surface area contributed by atoms with E-state index in [0.29, 0.717) is 5.56 Å². The van der Waals surface area contributed by atoms with Gasteiger partial charge in [-0.25, -0.2) is 9.07 Å². The largest absolute Gasteiger partial charge is 0.356 e. The zero-order chi connectivity index (χ0) is 18.1. The Hall–Kier alpha value is -2.31. The molecule has 3 aromatic rings. The summed E-state index contributed by atoms with van der Waals surface area (Å²) in [5.41, 5.74) is 3.16. The fourth-order valence-electron chi connectivity index (χ4n) is 3.52. The van der Waals surface area contributed by atoms with Crippen molar-refractivity contribution in [2.75, 3.05) is 20.7 Å². The number of benzene rings is 1. The first kappa shape index (κ1) is 17.1. The van der Waals surface area contributed by atoms with Gasteiger partial charge < -0.3 is 9.64 Å². The first-order chi connectivity index (χ1) is 12.6. The van der Waals surface area contributed by atoms with Gasteiger partial charge in [0, 0.05) is 48.1 Å². The summed E-state index contributed by atoms with van der Waals surface area (Å²) < 4.78 is 22.5. The van der Waals surface area contributed by atoms with Gasteiger partial charge in [0.25, 0.3) is 0 Å². The van der Waals surface area contributed by atoms with Crippen molar-refractivity contribution in [3.63, 3.8) is 0 Å². The molecule has 0 bridgehead atoms. The Kier molecular flexibility index (Phi) is 4.70. The van der Waals surface area contributed by atoms with E-state index in [4.69, 9.17) is 4.74 Å². The van der Waals surface area contributed by atoms with E-state index in [2.05, 4.69) is 15.0 Å². The second kappa shape index (κ2) is 7.13. The fraction of sp³-hybridized carbons (Fsp3) is 0.400. The van der Waals surface area contributed by atoms with Crippen LogP contribution in [0.15, 0.2) is 36.8 Å². The third kappa shape index (κ3) is 3.34. The highest BCUT2D eigenvalue weighted by Gasteiger charge is 2.20. The van der Waals surface area contributed by atoms with Crippen molar-refractivity contribution in [2.24, 2.45) is 0 Å². The Bertz CT molecular complexity index is 915. The van der Waals surface area contributed by atoms with E-state index in [9.17, 15) is 4.39 Å². The Labute approximate surface area is 152 Å². The summed E-state index contributed by atoms with van der Waals surface area (Å²) in [5.74, 6) is -0.265. The summed E-state index contributed by atoms with van der Waals surface area (Å²) in [6, 6.07) is 5.41. The number of halogens is 1. The zero-order valence-corrected chi connectivity index (χ0v) is 15.2. The highest BCUT2D eigenvalue weighted by molar-refractivity contribution is 5.85. The standard InChI is InChI=1S/C20H23FN4O/c1-24(2)13-14-7-15(11-22-10-14)17-8-16-12-23-25(19(16)9-18(17)21)20-5-3-4-6-26-20/h7-12,20H,3-6,13H2,1-2H3. The molecule has 0 radical (unpaired) electrons. The van der Waals surface area contributed by atoms with Crippen LogP contribution in [0.3, 0.4) is 0 Å². The quantitative estimate of drug-likeness (QED) is 0.710. The summed E-state index contributed by atoms with van der Waals surface area (Å²) in [7, 11) is 4.00. The first-order valence-corrected chi connectivity index (χ1v) is 8.99. The maximum absolute atomic E-state index is 14.9. The number of hydrogen-bond acceptors (Lipinski definition) is 4. The maximum Gasteiger partial charge on any atom is 0.150 e. The third-order valence-corrected chi connectivity index (χ3v) is 4.72. The van der Waals surface area contributed by atoms with Crippen molar-refractivity contribution in [3.05, 3.63) is 48.2 Å². The molecule has 0 saturated carbocycles. The minimum absolute atomic E-state index is 0.100. The average molecular weight is 354 g/mol. The lowest BCUT2D eigenvalue weighted by atomic mass is 10.0. The van der Waals surface area contributed by atoms with E-state index in [1.54, 1.807) is 18.5 Å². The van der Waals surface area contributed by atoms with Crippen molar-refractivity contribution < 1.29 is 9.13 Å². The van der Waals surface area contributed by atoms with Crippen LogP contribution in [0.4, 0.5) is 4.39 Å². The summed E-state index contributed by atoms with van der Waals surface area (Å²) in [4.78, 5) is 6.34. The van der Waals surface area contributed by atoms with Crippen molar-refractivity contribution in [1.82, 2.24) is 19.7 Å². The molecule has 0 aliphatic carbocycles. The predicted molar refractivity (Wildman–Crippen MR) is 99.2 cm³/mol. The molecule has 1 saturated heterocycles. The Balaban J connectivity index is 1.72. The number of pyridine rings is 1. The molecule has 1 aromatic carbocycles. The van der Waals surface area contributed by atoms with Gasteiger partial charge in [0.05, 0.1) is 11.7 Å². The maximum atomic E-state index is 14.9. The Morgan fingerprint density at radius 1 is 1.19 bits per heavy atom. The second-order valence-corrected chi connectivity index (χ2v) is 7.12. The molecule has 0 N–H and O–H groups in total. The molecular formula is C20H23FN4O. The van der Waals surface area contributed by atoms with Gasteiger partial charge in [-0.05, 0) is 51.1 Å². The fourth-order valence-corrected chi connectivity index (χ4v) is 3.52. The van der Waals surface area contributed by atoms with E-state index < -0.39 is 0 Å². The van der Waals surface area contributed by atoms with Gasteiger partial charge >= 0.3 is 0 Å². The number of fused-ring (bicyclic) bond motifs is 1. The minimum atomic E-state index is -0.265. The number of aromatic nitrogens is 3. The molecule has 2 aromatic heterocycles. The van der Waals surface area contributed by atoms with Gasteiger partial charge in [-0.2, -0.15) is 5.10 Å². The van der Waals surface area contributed by atoms with E-state index >= 15 is 0 Å². The van der Waals surface area contributed by atoms with Crippen molar-refractivity contribution in [3.8, 4) is 11.1 Å². The highest BCUT2D eigenvalue weighted by Crippen LogP contribution is 2.31. The van der Waals surface area contributed by atoms with Crippen molar-refractivity contribution in [1.29, 1.82) is 0 Å². The van der Waals surface area contributed by atoms with Gasteiger partial charge in [-0.1, -0.05) is 0 Å². The number of nitrogens with zero attached hydrogens (tertiary/aromatic N) is 4. The molecule has 1 aliphatic heterocycles. The van der Waals surface area contributed by atoms with Crippen LogP contribution in [-0.2, 0) is 11.3 Å². The first-order valence-electron chi connectivity index (χ1n) is 8.99. The van der Waals surface area contributed by atoms with Crippen LogP contribution in [-0.4, -0.2) is 40.4 Å². The van der Waals surface area contributed by atoms with E-state index in [1.165, 1.54) is 0 Å². The van der Waals surface area contributed by atoms with Crippen LogP contribution in [0.5, 0.6) is 0 Å².